The van der Waals surface area contributed by atoms with Crippen molar-refractivity contribution in [2.45, 2.75) is 25.3 Å². The van der Waals surface area contributed by atoms with Crippen LogP contribution < -0.4 is 5.32 Å². The predicted molar refractivity (Wildman–Crippen MR) is 50.5 cm³/mol. The lowest BCUT2D eigenvalue weighted by Gasteiger charge is -2.23. The molecule has 0 aromatic heterocycles. The highest BCUT2D eigenvalue weighted by Gasteiger charge is 2.21. The Morgan fingerprint density at radius 2 is 1.92 bits per heavy atom. The molecule has 0 bridgehead atoms. The molecule has 2 nitrogen and oxygen atoms in total. The Hall–Kier alpha value is -1.31. The molecule has 2 heteroatoms. The average Bonchev–Trinajstić information content (AvgIpc) is 2.12. The minimum Gasteiger partial charge on any atom is -0.267 e. The molecule has 0 saturated heterocycles. The minimum atomic E-state index is -0.0645. The van der Waals surface area contributed by atoms with Gasteiger partial charge in [-0.05, 0) is 31.4 Å². The number of hydrogen-bond acceptors (Lipinski definition) is 1. The number of rotatable bonds is 2. The number of hydrogen-bond donors (Lipinski definition) is 0. The van der Waals surface area contributed by atoms with E-state index in [0.717, 1.165) is 12.8 Å². The minimum absolute atomic E-state index is 0.0645. The molecule has 1 aromatic carbocycles. The van der Waals surface area contributed by atoms with E-state index in [0.29, 0.717) is 11.6 Å². The molecule has 67 valence electrons. The van der Waals surface area contributed by atoms with E-state index in [1.165, 1.54) is 6.42 Å². The van der Waals surface area contributed by atoms with Gasteiger partial charge in [-0.2, -0.15) is 0 Å². The van der Waals surface area contributed by atoms with E-state index in [2.05, 4.69) is 5.32 Å². The standard InChI is InChI=1S/C11H12NO/c13-11(12-10-7-4-8-10)9-5-2-1-3-6-9/h1-3,5-6,10H,4,7-8H2. The normalized spacial score (nSPS) is 16.3. The van der Waals surface area contributed by atoms with Gasteiger partial charge in [-0.1, -0.05) is 18.2 Å². The number of amides is 1. The van der Waals surface area contributed by atoms with E-state index in [1.54, 1.807) is 0 Å². The van der Waals surface area contributed by atoms with E-state index in [9.17, 15) is 4.79 Å². The van der Waals surface area contributed by atoms with E-state index >= 15 is 0 Å². The molecule has 2 rings (SSSR count). The molecule has 1 aliphatic carbocycles. The monoisotopic (exact) mass is 174 g/mol. The second-order valence-electron chi connectivity index (χ2n) is 3.39. The lowest BCUT2D eigenvalue weighted by atomic mass is 9.93. The molecule has 0 heterocycles. The number of nitrogens with zero attached hydrogens (tertiary/aromatic N) is 1. The lowest BCUT2D eigenvalue weighted by molar-refractivity contribution is 0.0910. The summed E-state index contributed by atoms with van der Waals surface area (Å²) in [7, 11) is 0. The third-order valence-electron chi connectivity index (χ3n) is 2.40. The van der Waals surface area contributed by atoms with Crippen LogP contribution in [0.5, 0.6) is 0 Å². The molecular formula is C11H12NO. The molecule has 0 N–H and O–H groups in total. The van der Waals surface area contributed by atoms with Crippen LogP contribution in [0, 0.1) is 0 Å². The average molecular weight is 174 g/mol. The molecule has 0 spiro atoms. The zero-order chi connectivity index (χ0) is 9.10. The highest BCUT2D eigenvalue weighted by atomic mass is 16.1. The first kappa shape index (κ1) is 8.30. The second-order valence-corrected chi connectivity index (χ2v) is 3.39. The third-order valence-corrected chi connectivity index (χ3v) is 2.40. The molecule has 0 atom stereocenters. The topological polar surface area (TPSA) is 31.2 Å². The van der Waals surface area contributed by atoms with E-state index < -0.39 is 0 Å². The van der Waals surface area contributed by atoms with Gasteiger partial charge in [-0.25, -0.2) is 5.32 Å². The summed E-state index contributed by atoms with van der Waals surface area (Å²) >= 11 is 0. The van der Waals surface area contributed by atoms with Crippen molar-refractivity contribution in [1.29, 1.82) is 0 Å². The van der Waals surface area contributed by atoms with Crippen LogP contribution in [0.3, 0.4) is 0 Å². The zero-order valence-electron chi connectivity index (χ0n) is 7.44. The summed E-state index contributed by atoms with van der Waals surface area (Å²) in [5, 5.41) is 4.11. The van der Waals surface area contributed by atoms with Crippen LogP contribution in [0.4, 0.5) is 0 Å². The van der Waals surface area contributed by atoms with Gasteiger partial charge in [0, 0.05) is 5.56 Å². The molecule has 0 unspecified atom stereocenters. The fourth-order valence-electron chi connectivity index (χ4n) is 1.34. The second kappa shape index (κ2) is 3.60. The molecule has 1 fully saturated rings. The maximum absolute atomic E-state index is 11.5. The van der Waals surface area contributed by atoms with Gasteiger partial charge in [0.05, 0.1) is 6.04 Å². The molecule has 1 amide bonds. The third kappa shape index (κ3) is 1.89. The van der Waals surface area contributed by atoms with Gasteiger partial charge in [0.25, 0.3) is 5.91 Å². The Bertz CT molecular complexity index is 290. The predicted octanol–water partition coefficient (Wildman–Crippen LogP) is 1.98. The number of benzene rings is 1. The van der Waals surface area contributed by atoms with E-state index in [-0.39, 0.29) is 5.91 Å². The van der Waals surface area contributed by atoms with Gasteiger partial charge in [0.15, 0.2) is 0 Å². The Kier molecular flexibility index (Phi) is 2.30. The first-order valence-corrected chi connectivity index (χ1v) is 4.66. The maximum Gasteiger partial charge on any atom is 0.272 e. The SMILES string of the molecule is O=C([N]C1CCC1)c1ccccc1. The number of carbonyl (C=O) groups is 1. The van der Waals surface area contributed by atoms with E-state index in [4.69, 9.17) is 0 Å². The van der Waals surface area contributed by atoms with Crippen LogP contribution in [0.2, 0.25) is 0 Å². The molecule has 1 aliphatic rings. The van der Waals surface area contributed by atoms with Crippen LogP contribution in [-0.2, 0) is 0 Å². The summed E-state index contributed by atoms with van der Waals surface area (Å²) in [6.45, 7) is 0. The Balaban J connectivity index is 1.97. The van der Waals surface area contributed by atoms with Crippen molar-refractivity contribution >= 4 is 5.91 Å². The number of carbonyl (C=O) groups excluding carboxylic acids is 1. The fraction of sp³-hybridized carbons (Fsp3) is 0.364. The summed E-state index contributed by atoms with van der Waals surface area (Å²) in [4.78, 5) is 11.5. The Morgan fingerprint density at radius 1 is 1.23 bits per heavy atom. The molecule has 13 heavy (non-hydrogen) atoms. The van der Waals surface area contributed by atoms with Crippen LogP contribution in [0.1, 0.15) is 29.6 Å². The molecule has 1 saturated carbocycles. The van der Waals surface area contributed by atoms with Crippen molar-refractivity contribution in [1.82, 2.24) is 5.32 Å². The summed E-state index contributed by atoms with van der Waals surface area (Å²) in [5.74, 6) is -0.0645. The van der Waals surface area contributed by atoms with Crippen LogP contribution >= 0.6 is 0 Å². The molecule has 0 aliphatic heterocycles. The largest absolute Gasteiger partial charge is 0.272 e. The van der Waals surface area contributed by atoms with Gasteiger partial charge in [0.1, 0.15) is 0 Å². The van der Waals surface area contributed by atoms with Gasteiger partial charge in [0.2, 0.25) is 0 Å². The van der Waals surface area contributed by atoms with Crippen molar-refractivity contribution in [2.75, 3.05) is 0 Å². The summed E-state index contributed by atoms with van der Waals surface area (Å²) in [6, 6.07) is 9.55. The van der Waals surface area contributed by atoms with Crippen molar-refractivity contribution in [2.24, 2.45) is 0 Å². The summed E-state index contributed by atoms with van der Waals surface area (Å²) in [5.41, 5.74) is 0.703. The Labute approximate surface area is 78.0 Å². The van der Waals surface area contributed by atoms with Gasteiger partial charge in [-0.3, -0.25) is 4.79 Å². The molecule has 1 aromatic rings. The van der Waals surface area contributed by atoms with Crippen molar-refractivity contribution in [3.8, 4) is 0 Å². The van der Waals surface area contributed by atoms with Crippen molar-refractivity contribution in [3.05, 3.63) is 35.9 Å². The van der Waals surface area contributed by atoms with Crippen LogP contribution in [0.15, 0.2) is 30.3 Å². The first-order chi connectivity index (χ1) is 6.36. The van der Waals surface area contributed by atoms with Gasteiger partial charge >= 0.3 is 0 Å². The highest BCUT2D eigenvalue weighted by Crippen LogP contribution is 2.19. The molecule has 1 radical (unpaired) electrons. The first-order valence-electron chi connectivity index (χ1n) is 4.66. The Morgan fingerprint density at radius 3 is 2.46 bits per heavy atom. The smallest absolute Gasteiger partial charge is 0.267 e. The van der Waals surface area contributed by atoms with Crippen LogP contribution in [-0.4, -0.2) is 11.9 Å². The highest BCUT2D eigenvalue weighted by molar-refractivity contribution is 5.94. The quantitative estimate of drug-likeness (QED) is 0.674. The maximum atomic E-state index is 11.5. The zero-order valence-corrected chi connectivity index (χ0v) is 7.44. The van der Waals surface area contributed by atoms with Gasteiger partial charge in [-0.15, -0.1) is 0 Å². The van der Waals surface area contributed by atoms with Crippen molar-refractivity contribution < 1.29 is 4.79 Å². The van der Waals surface area contributed by atoms with Crippen LogP contribution in [0.25, 0.3) is 0 Å². The van der Waals surface area contributed by atoms with E-state index in [1.807, 2.05) is 30.3 Å². The molecular weight excluding hydrogens is 162 g/mol. The lowest BCUT2D eigenvalue weighted by Crippen LogP contribution is -2.33. The van der Waals surface area contributed by atoms with Gasteiger partial charge < -0.3 is 0 Å². The summed E-state index contributed by atoms with van der Waals surface area (Å²) < 4.78 is 0. The van der Waals surface area contributed by atoms with Crippen molar-refractivity contribution in [3.63, 3.8) is 0 Å². The summed E-state index contributed by atoms with van der Waals surface area (Å²) in [6.07, 6.45) is 3.38. The fourth-order valence-corrected chi connectivity index (χ4v) is 1.34.